The molecule has 0 atom stereocenters. The number of benzene rings is 1. The Bertz CT molecular complexity index is 582. The van der Waals surface area contributed by atoms with Gasteiger partial charge in [0.1, 0.15) is 5.03 Å². The standard InChI is InChI=1S/C15H13NO2S/c17-15(18)13-9-4-10-16-14(13)19-11-5-8-12-6-2-1-3-7-12/h1-10H,11H2,(H,17,18). The van der Waals surface area contributed by atoms with Crippen LogP contribution in [0.2, 0.25) is 0 Å². The topological polar surface area (TPSA) is 50.2 Å². The van der Waals surface area contributed by atoms with E-state index in [0.29, 0.717) is 10.8 Å². The number of carboxylic acid groups (broad SMARTS) is 1. The molecule has 96 valence electrons. The summed E-state index contributed by atoms with van der Waals surface area (Å²) >= 11 is 1.42. The summed E-state index contributed by atoms with van der Waals surface area (Å²) in [5.74, 6) is -0.255. The highest BCUT2D eigenvalue weighted by Gasteiger charge is 2.09. The van der Waals surface area contributed by atoms with Gasteiger partial charge in [-0.15, -0.1) is 11.8 Å². The highest BCUT2D eigenvalue weighted by atomic mass is 32.2. The molecule has 0 bridgehead atoms. The number of hydrogen-bond acceptors (Lipinski definition) is 3. The zero-order chi connectivity index (χ0) is 13.5. The van der Waals surface area contributed by atoms with E-state index in [1.54, 1.807) is 18.3 Å². The Morgan fingerprint density at radius 3 is 2.74 bits per heavy atom. The number of pyridine rings is 1. The fourth-order valence-corrected chi connectivity index (χ4v) is 2.34. The average molecular weight is 271 g/mol. The van der Waals surface area contributed by atoms with Crippen LogP contribution in [0.1, 0.15) is 15.9 Å². The molecule has 0 unspecified atom stereocenters. The van der Waals surface area contributed by atoms with E-state index in [0.717, 1.165) is 5.56 Å². The van der Waals surface area contributed by atoms with E-state index in [-0.39, 0.29) is 5.56 Å². The van der Waals surface area contributed by atoms with Gasteiger partial charge in [0.15, 0.2) is 0 Å². The van der Waals surface area contributed by atoms with Crippen molar-refractivity contribution in [1.29, 1.82) is 0 Å². The lowest BCUT2D eigenvalue weighted by Gasteiger charge is -2.01. The van der Waals surface area contributed by atoms with Gasteiger partial charge in [-0.2, -0.15) is 0 Å². The van der Waals surface area contributed by atoms with Gasteiger partial charge in [-0.1, -0.05) is 42.5 Å². The lowest BCUT2D eigenvalue weighted by atomic mass is 10.2. The average Bonchev–Trinajstić information content (AvgIpc) is 2.45. The van der Waals surface area contributed by atoms with Crippen molar-refractivity contribution in [1.82, 2.24) is 4.98 Å². The Balaban J connectivity index is 1.96. The van der Waals surface area contributed by atoms with Gasteiger partial charge in [0.25, 0.3) is 0 Å². The maximum Gasteiger partial charge on any atom is 0.338 e. The number of thioether (sulfide) groups is 1. The molecule has 0 radical (unpaired) electrons. The van der Waals surface area contributed by atoms with Crippen LogP contribution in [0.4, 0.5) is 0 Å². The quantitative estimate of drug-likeness (QED) is 0.844. The first-order valence-electron chi connectivity index (χ1n) is 5.80. The number of nitrogens with zero attached hydrogens (tertiary/aromatic N) is 1. The summed E-state index contributed by atoms with van der Waals surface area (Å²) in [6.07, 6.45) is 5.62. The van der Waals surface area contributed by atoms with Crippen molar-refractivity contribution in [2.24, 2.45) is 0 Å². The maximum absolute atomic E-state index is 11.0. The van der Waals surface area contributed by atoms with Gasteiger partial charge in [0.05, 0.1) is 5.56 Å². The second kappa shape index (κ2) is 6.75. The van der Waals surface area contributed by atoms with Gasteiger partial charge in [-0.05, 0) is 17.7 Å². The van der Waals surface area contributed by atoms with Crippen molar-refractivity contribution in [2.75, 3.05) is 5.75 Å². The summed E-state index contributed by atoms with van der Waals surface area (Å²) in [4.78, 5) is 15.1. The molecule has 0 saturated heterocycles. The minimum absolute atomic E-state index is 0.251. The molecule has 2 rings (SSSR count). The molecular weight excluding hydrogens is 258 g/mol. The number of aromatic carboxylic acids is 1. The minimum atomic E-state index is -0.942. The van der Waals surface area contributed by atoms with E-state index in [9.17, 15) is 4.79 Å². The number of carboxylic acids is 1. The van der Waals surface area contributed by atoms with Crippen LogP contribution in [-0.2, 0) is 0 Å². The Labute approximate surface area is 116 Å². The zero-order valence-electron chi connectivity index (χ0n) is 10.2. The summed E-state index contributed by atoms with van der Waals surface area (Å²) in [6, 6.07) is 13.2. The largest absolute Gasteiger partial charge is 0.478 e. The van der Waals surface area contributed by atoms with Crippen molar-refractivity contribution in [3.05, 3.63) is 65.9 Å². The predicted octanol–water partition coefficient (Wildman–Crippen LogP) is 3.59. The molecule has 1 aromatic heterocycles. The molecule has 0 aliphatic heterocycles. The first-order chi connectivity index (χ1) is 9.27. The van der Waals surface area contributed by atoms with Crippen molar-refractivity contribution >= 4 is 23.8 Å². The molecule has 1 heterocycles. The van der Waals surface area contributed by atoms with Gasteiger partial charge >= 0.3 is 5.97 Å². The summed E-state index contributed by atoms with van der Waals surface area (Å²) in [7, 11) is 0. The fourth-order valence-electron chi connectivity index (χ4n) is 1.54. The zero-order valence-corrected chi connectivity index (χ0v) is 11.0. The third-order valence-corrected chi connectivity index (χ3v) is 3.39. The number of aromatic nitrogens is 1. The van der Waals surface area contributed by atoms with Crippen molar-refractivity contribution in [3.8, 4) is 0 Å². The molecule has 4 heteroatoms. The van der Waals surface area contributed by atoms with Gasteiger partial charge in [0.2, 0.25) is 0 Å². The van der Waals surface area contributed by atoms with E-state index in [1.165, 1.54) is 11.8 Å². The highest BCUT2D eigenvalue weighted by Crippen LogP contribution is 2.20. The Morgan fingerprint density at radius 2 is 2.00 bits per heavy atom. The molecular formula is C15H13NO2S. The van der Waals surface area contributed by atoms with Crippen LogP contribution in [0.5, 0.6) is 0 Å². The lowest BCUT2D eigenvalue weighted by Crippen LogP contribution is -2.00. The van der Waals surface area contributed by atoms with Crippen LogP contribution in [0.15, 0.2) is 59.8 Å². The van der Waals surface area contributed by atoms with Gasteiger partial charge < -0.3 is 5.11 Å². The van der Waals surface area contributed by atoms with Crippen LogP contribution in [0.3, 0.4) is 0 Å². The summed E-state index contributed by atoms with van der Waals surface area (Å²) in [5, 5.41) is 9.58. The molecule has 0 amide bonds. The van der Waals surface area contributed by atoms with Crippen LogP contribution >= 0.6 is 11.8 Å². The predicted molar refractivity (Wildman–Crippen MR) is 77.4 cm³/mol. The SMILES string of the molecule is O=C(O)c1cccnc1SCC=Cc1ccccc1. The number of rotatable bonds is 5. The van der Waals surface area contributed by atoms with Crippen LogP contribution < -0.4 is 0 Å². The molecule has 19 heavy (non-hydrogen) atoms. The van der Waals surface area contributed by atoms with Gasteiger partial charge in [-0.25, -0.2) is 9.78 Å². The second-order valence-corrected chi connectivity index (χ2v) is 4.79. The summed E-state index contributed by atoms with van der Waals surface area (Å²) < 4.78 is 0. The normalized spacial score (nSPS) is 10.7. The van der Waals surface area contributed by atoms with E-state index >= 15 is 0 Å². The van der Waals surface area contributed by atoms with Crippen LogP contribution in [0, 0.1) is 0 Å². The molecule has 1 aromatic carbocycles. The smallest absolute Gasteiger partial charge is 0.338 e. The van der Waals surface area contributed by atoms with E-state index in [1.807, 2.05) is 42.5 Å². The molecule has 0 fully saturated rings. The van der Waals surface area contributed by atoms with Crippen LogP contribution in [-0.4, -0.2) is 21.8 Å². The lowest BCUT2D eigenvalue weighted by molar-refractivity contribution is 0.0692. The van der Waals surface area contributed by atoms with E-state index < -0.39 is 5.97 Å². The summed E-state index contributed by atoms with van der Waals surface area (Å²) in [6.45, 7) is 0. The van der Waals surface area contributed by atoms with E-state index in [2.05, 4.69) is 4.98 Å². The highest BCUT2D eigenvalue weighted by molar-refractivity contribution is 7.99. The van der Waals surface area contributed by atoms with Gasteiger partial charge in [0, 0.05) is 11.9 Å². The monoisotopic (exact) mass is 271 g/mol. The van der Waals surface area contributed by atoms with Crippen molar-refractivity contribution in [2.45, 2.75) is 5.03 Å². The molecule has 3 nitrogen and oxygen atoms in total. The second-order valence-electron chi connectivity index (χ2n) is 3.79. The minimum Gasteiger partial charge on any atom is -0.478 e. The first-order valence-corrected chi connectivity index (χ1v) is 6.78. The number of carbonyl (C=O) groups is 1. The number of hydrogen-bond donors (Lipinski definition) is 1. The fraction of sp³-hybridized carbons (Fsp3) is 0.0667. The first kappa shape index (κ1) is 13.4. The van der Waals surface area contributed by atoms with Crippen molar-refractivity contribution in [3.63, 3.8) is 0 Å². The molecule has 1 N–H and O–H groups in total. The molecule has 0 aliphatic rings. The Morgan fingerprint density at radius 1 is 1.21 bits per heavy atom. The summed E-state index contributed by atoms with van der Waals surface area (Å²) in [5.41, 5.74) is 1.38. The van der Waals surface area contributed by atoms with Crippen LogP contribution in [0.25, 0.3) is 6.08 Å². The van der Waals surface area contributed by atoms with E-state index in [4.69, 9.17) is 5.11 Å². The molecule has 0 aliphatic carbocycles. The maximum atomic E-state index is 11.0. The third kappa shape index (κ3) is 3.96. The molecule has 0 saturated carbocycles. The molecule has 0 spiro atoms. The Hall–Kier alpha value is -2.07. The van der Waals surface area contributed by atoms with Gasteiger partial charge in [-0.3, -0.25) is 0 Å². The Kier molecular flexibility index (Phi) is 4.75. The third-order valence-electron chi connectivity index (χ3n) is 2.43. The molecule has 2 aromatic rings. The van der Waals surface area contributed by atoms with Crippen molar-refractivity contribution < 1.29 is 9.90 Å².